The summed E-state index contributed by atoms with van der Waals surface area (Å²) in [6, 6.07) is 2.43. The molecule has 7 heteroatoms. The lowest BCUT2D eigenvalue weighted by molar-refractivity contribution is 0.0872. The molecule has 0 bridgehead atoms. The highest BCUT2D eigenvalue weighted by Gasteiger charge is 2.31. The predicted octanol–water partition coefficient (Wildman–Crippen LogP) is 1.46. The summed E-state index contributed by atoms with van der Waals surface area (Å²) in [4.78, 5) is 6.74. The smallest absolute Gasteiger partial charge is 0.229 e. The van der Waals surface area contributed by atoms with Gasteiger partial charge in [0, 0.05) is 25.2 Å². The molecule has 0 amide bonds. The molecule has 0 atom stereocenters. The van der Waals surface area contributed by atoms with E-state index in [2.05, 4.69) is 26.2 Å². The summed E-state index contributed by atoms with van der Waals surface area (Å²) >= 11 is 0. The number of nitriles is 1. The predicted molar refractivity (Wildman–Crippen MR) is 72.1 cm³/mol. The zero-order valence-electron chi connectivity index (χ0n) is 11.6. The van der Waals surface area contributed by atoms with Crippen LogP contribution in [0.4, 0.5) is 0 Å². The Hall–Kier alpha value is -2.20. The van der Waals surface area contributed by atoms with Crippen LogP contribution < -0.4 is 0 Å². The van der Waals surface area contributed by atoms with E-state index in [1.54, 1.807) is 12.4 Å². The van der Waals surface area contributed by atoms with Crippen molar-refractivity contribution < 1.29 is 4.52 Å². The van der Waals surface area contributed by atoms with Crippen LogP contribution in [-0.4, -0.2) is 37.9 Å². The first-order chi connectivity index (χ1) is 10.3. The average Bonchev–Trinajstić information content (AvgIpc) is 3.00. The lowest BCUT2D eigenvalue weighted by Crippen LogP contribution is -2.47. The van der Waals surface area contributed by atoms with Crippen molar-refractivity contribution in [2.45, 2.75) is 37.8 Å². The lowest BCUT2D eigenvalue weighted by Gasteiger charge is -2.38. The van der Waals surface area contributed by atoms with Gasteiger partial charge in [0.1, 0.15) is 6.07 Å². The molecule has 2 aromatic rings. The van der Waals surface area contributed by atoms with E-state index in [0.29, 0.717) is 17.5 Å². The first-order valence-electron chi connectivity index (χ1n) is 7.31. The molecule has 2 fully saturated rings. The monoisotopic (exact) mass is 284 g/mol. The molecule has 1 aliphatic carbocycles. The van der Waals surface area contributed by atoms with Gasteiger partial charge in [0.25, 0.3) is 0 Å². The molecule has 0 aromatic carbocycles. The summed E-state index contributed by atoms with van der Waals surface area (Å²) in [5, 5.41) is 17.1. The Bertz CT molecular complexity index is 674. The van der Waals surface area contributed by atoms with Crippen molar-refractivity contribution in [2.75, 3.05) is 13.1 Å². The first-order valence-corrected chi connectivity index (χ1v) is 7.31. The molecule has 2 aliphatic rings. The molecule has 3 heterocycles. The largest absolute Gasteiger partial charge is 0.339 e. The Kier molecular flexibility index (Phi) is 2.97. The Morgan fingerprint density at radius 2 is 2.24 bits per heavy atom. The Morgan fingerprint density at radius 1 is 1.38 bits per heavy atom. The van der Waals surface area contributed by atoms with E-state index < -0.39 is 0 Å². The maximum atomic E-state index is 8.80. The maximum Gasteiger partial charge on any atom is 0.229 e. The highest BCUT2D eigenvalue weighted by molar-refractivity contribution is 5.22. The third kappa shape index (κ3) is 2.32. The molecule has 0 N–H and O–H groups in total. The molecule has 1 saturated heterocycles. The lowest BCUT2D eigenvalue weighted by atomic mass is 9.85. The van der Waals surface area contributed by atoms with Crippen molar-refractivity contribution in [3.63, 3.8) is 0 Å². The van der Waals surface area contributed by atoms with E-state index in [4.69, 9.17) is 9.78 Å². The van der Waals surface area contributed by atoms with Gasteiger partial charge in [-0.2, -0.15) is 15.3 Å². The van der Waals surface area contributed by atoms with Gasteiger partial charge in [0.2, 0.25) is 5.89 Å². The van der Waals surface area contributed by atoms with Gasteiger partial charge in [-0.25, -0.2) is 0 Å². The molecule has 7 nitrogen and oxygen atoms in total. The van der Waals surface area contributed by atoms with Crippen LogP contribution >= 0.6 is 0 Å². The SMILES string of the molecule is N#Cc1cnn(C2CN(Cc3noc(C4CCC4)n3)C2)c1. The first kappa shape index (κ1) is 12.5. The number of likely N-dealkylation sites (tertiary alicyclic amines) is 1. The molecule has 4 rings (SSSR count). The summed E-state index contributed by atoms with van der Waals surface area (Å²) in [7, 11) is 0. The van der Waals surface area contributed by atoms with Gasteiger partial charge in [-0.15, -0.1) is 0 Å². The molecular formula is C14H16N6O. The van der Waals surface area contributed by atoms with E-state index >= 15 is 0 Å². The van der Waals surface area contributed by atoms with Crippen molar-refractivity contribution in [1.82, 2.24) is 24.8 Å². The molecule has 0 unspecified atom stereocenters. The van der Waals surface area contributed by atoms with Crippen molar-refractivity contribution in [3.05, 3.63) is 29.7 Å². The molecule has 1 saturated carbocycles. The van der Waals surface area contributed by atoms with Crippen LogP contribution in [0.1, 0.15) is 48.5 Å². The third-order valence-electron chi connectivity index (χ3n) is 4.35. The molecule has 21 heavy (non-hydrogen) atoms. The fourth-order valence-corrected chi connectivity index (χ4v) is 2.79. The second-order valence-corrected chi connectivity index (χ2v) is 5.85. The third-order valence-corrected chi connectivity index (χ3v) is 4.35. The minimum absolute atomic E-state index is 0.338. The molecular weight excluding hydrogens is 268 g/mol. The van der Waals surface area contributed by atoms with Crippen molar-refractivity contribution in [1.29, 1.82) is 5.26 Å². The topological polar surface area (TPSA) is 83.8 Å². The van der Waals surface area contributed by atoms with Crippen LogP contribution in [0.5, 0.6) is 0 Å². The minimum atomic E-state index is 0.338. The Labute approximate surface area is 122 Å². The molecule has 1 aliphatic heterocycles. The number of aromatic nitrogens is 4. The maximum absolute atomic E-state index is 8.80. The quantitative estimate of drug-likeness (QED) is 0.845. The zero-order valence-corrected chi connectivity index (χ0v) is 11.6. The Balaban J connectivity index is 1.31. The van der Waals surface area contributed by atoms with E-state index in [1.807, 2.05) is 4.68 Å². The standard InChI is InChI=1S/C14H16N6O/c15-4-10-5-16-20(6-10)12-7-19(8-12)9-13-17-14(21-18-13)11-2-1-3-11/h5-6,11-12H,1-3,7-9H2. The summed E-state index contributed by atoms with van der Waals surface area (Å²) in [5.41, 5.74) is 0.608. The number of nitrogens with zero attached hydrogens (tertiary/aromatic N) is 6. The second kappa shape index (κ2) is 4.97. The average molecular weight is 284 g/mol. The van der Waals surface area contributed by atoms with Gasteiger partial charge >= 0.3 is 0 Å². The number of rotatable bonds is 4. The molecule has 2 aromatic heterocycles. The van der Waals surface area contributed by atoms with E-state index in [0.717, 1.165) is 31.3 Å². The van der Waals surface area contributed by atoms with Crippen LogP contribution in [0.25, 0.3) is 0 Å². The second-order valence-electron chi connectivity index (χ2n) is 5.85. The molecule has 0 radical (unpaired) electrons. The van der Waals surface area contributed by atoms with E-state index in [9.17, 15) is 0 Å². The fourth-order valence-electron chi connectivity index (χ4n) is 2.79. The van der Waals surface area contributed by atoms with Gasteiger partial charge in [0.05, 0.1) is 24.3 Å². The summed E-state index contributed by atoms with van der Waals surface area (Å²) in [6.07, 6.45) is 7.02. The fraction of sp³-hybridized carbons (Fsp3) is 0.571. The highest BCUT2D eigenvalue weighted by atomic mass is 16.5. The van der Waals surface area contributed by atoms with Gasteiger partial charge in [0.15, 0.2) is 5.82 Å². The van der Waals surface area contributed by atoms with Crippen molar-refractivity contribution >= 4 is 0 Å². The van der Waals surface area contributed by atoms with Crippen LogP contribution in [0.3, 0.4) is 0 Å². The van der Waals surface area contributed by atoms with Crippen molar-refractivity contribution in [2.24, 2.45) is 0 Å². The van der Waals surface area contributed by atoms with Crippen LogP contribution in [0.15, 0.2) is 16.9 Å². The van der Waals surface area contributed by atoms with Crippen LogP contribution in [-0.2, 0) is 6.54 Å². The summed E-state index contributed by atoms with van der Waals surface area (Å²) in [6.45, 7) is 2.53. The van der Waals surface area contributed by atoms with Gasteiger partial charge in [-0.1, -0.05) is 11.6 Å². The van der Waals surface area contributed by atoms with Gasteiger partial charge < -0.3 is 4.52 Å². The summed E-state index contributed by atoms with van der Waals surface area (Å²) < 4.78 is 7.19. The Morgan fingerprint density at radius 3 is 2.90 bits per heavy atom. The van der Waals surface area contributed by atoms with Gasteiger partial charge in [-0.3, -0.25) is 9.58 Å². The van der Waals surface area contributed by atoms with Gasteiger partial charge in [-0.05, 0) is 12.8 Å². The normalized spacial score (nSPS) is 20.0. The molecule has 0 spiro atoms. The molecule has 108 valence electrons. The number of hydrogen-bond donors (Lipinski definition) is 0. The summed E-state index contributed by atoms with van der Waals surface area (Å²) in [5.74, 6) is 2.07. The minimum Gasteiger partial charge on any atom is -0.339 e. The van der Waals surface area contributed by atoms with Crippen LogP contribution in [0, 0.1) is 11.3 Å². The van der Waals surface area contributed by atoms with Crippen molar-refractivity contribution in [3.8, 4) is 6.07 Å². The number of hydrogen-bond acceptors (Lipinski definition) is 6. The van der Waals surface area contributed by atoms with E-state index in [-0.39, 0.29) is 0 Å². The zero-order chi connectivity index (χ0) is 14.2. The van der Waals surface area contributed by atoms with Crippen LogP contribution in [0.2, 0.25) is 0 Å². The highest BCUT2D eigenvalue weighted by Crippen LogP contribution is 2.35. The van der Waals surface area contributed by atoms with E-state index in [1.165, 1.54) is 19.3 Å².